The molecule has 0 unspecified atom stereocenters. The van der Waals surface area contributed by atoms with Crippen molar-refractivity contribution in [1.82, 2.24) is 0 Å². The van der Waals surface area contributed by atoms with Crippen LogP contribution in [0.1, 0.15) is 0 Å². The molecule has 2 rings (SSSR count). The van der Waals surface area contributed by atoms with Crippen molar-refractivity contribution in [2.24, 2.45) is 0 Å². The van der Waals surface area contributed by atoms with Crippen LogP contribution < -0.4 is 9.64 Å². The van der Waals surface area contributed by atoms with Crippen molar-refractivity contribution in [2.45, 2.75) is 0 Å². The van der Waals surface area contributed by atoms with E-state index >= 15 is 0 Å². The Morgan fingerprint density at radius 3 is 2.58 bits per heavy atom. The summed E-state index contributed by atoms with van der Waals surface area (Å²) >= 11 is 3.39. The number of rotatable bonds is 4. The van der Waals surface area contributed by atoms with E-state index in [1.165, 1.54) is 0 Å². The highest BCUT2D eigenvalue weighted by atomic mass is 79.9. The van der Waals surface area contributed by atoms with Gasteiger partial charge in [0.05, 0.1) is 0 Å². The summed E-state index contributed by atoms with van der Waals surface area (Å²) in [5, 5.41) is 0. The van der Waals surface area contributed by atoms with Crippen molar-refractivity contribution in [3.05, 3.63) is 59.1 Å². The minimum absolute atomic E-state index is 0.0209. The molecule has 0 spiro atoms. The molecular weight excluding hydrogens is 306 g/mol. The van der Waals surface area contributed by atoms with Crippen molar-refractivity contribution in [1.29, 1.82) is 0 Å². The first-order valence-electron chi connectivity index (χ1n) is 5.87. The summed E-state index contributed by atoms with van der Waals surface area (Å²) in [5.41, 5.74) is 0.830. The van der Waals surface area contributed by atoms with Crippen LogP contribution >= 0.6 is 15.9 Å². The molecule has 19 heavy (non-hydrogen) atoms. The molecule has 0 bridgehead atoms. The Kier molecular flexibility index (Phi) is 4.58. The van der Waals surface area contributed by atoms with E-state index in [-0.39, 0.29) is 12.5 Å². The van der Waals surface area contributed by atoms with Gasteiger partial charge in [0.25, 0.3) is 5.91 Å². The lowest BCUT2D eigenvalue weighted by Crippen LogP contribution is -2.31. The minimum Gasteiger partial charge on any atom is -0.484 e. The van der Waals surface area contributed by atoms with Gasteiger partial charge in [-0.2, -0.15) is 0 Å². The van der Waals surface area contributed by atoms with Crippen LogP contribution in [0.5, 0.6) is 5.75 Å². The number of likely N-dealkylation sites (N-methyl/N-ethyl adjacent to an activating group) is 1. The topological polar surface area (TPSA) is 29.5 Å². The lowest BCUT2D eigenvalue weighted by molar-refractivity contribution is -0.120. The van der Waals surface area contributed by atoms with Crippen LogP contribution in [0.15, 0.2) is 59.1 Å². The number of carbonyl (C=O) groups is 1. The summed E-state index contributed by atoms with van der Waals surface area (Å²) in [6.45, 7) is 0.0209. The molecular formula is C15H14BrNO2. The first-order chi connectivity index (χ1) is 9.16. The minimum atomic E-state index is -0.0954. The Balaban J connectivity index is 1.96. The number of anilines is 1. The molecule has 98 valence electrons. The fraction of sp³-hybridized carbons (Fsp3) is 0.133. The van der Waals surface area contributed by atoms with Gasteiger partial charge in [0.1, 0.15) is 5.75 Å². The van der Waals surface area contributed by atoms with Crippen LogP contribution in [-0.4, -0.2) is 19.6 Å². The smallest absolute Gasteiger partial charge is 0.264 e. The van der Waals surface area contributed by atoms with Crippen LogP contribution in [0.4, 0.5) is 5.69 Å². The lowest BCUT2D eigenvalue weighted by atomic mass is 10.3. The predicted molar refractivity (Wildman–Crippen MR) is 79.5 cm³/mol. The van der Waals surface area contributed by atoms with E-state index in [1.807, 2.05) is 54.6 Å². The van der Waals surface area contributed by atoms with Crippen LogP contribution in [0.2, 0.25) is 0 Å². The number of hydrogen-bond acceptors (Lipinski definition) is 2. The Hall–Kier alpha value is -1.81. The molecule has 0 N–H and O–H groups in total. The van der Waals surface area contributed by atoms with E-state index in [9.17, 15) is 4.79 Å². The second kappa shape index (κ2) is 6.38. The highest BCUT2D eigenvalue weighted by molar-refractivity contribution is 9.10. The number of carbonyl (C=O) groups excluding carboxylic acids is 1. The zero-order valence-electron chi connectivity index (χ0n) is 10.5. The maximum Gasteiger partial charge on any atom is 0.264 e. The zero-order chi connectivity index (χ0) is 13.7. The van der Waals surface area contributed by atoms with Gasteiger partial charge in [-0.15, -0.1) is 0 Å². The molecule has 0 heterocycles. The molecule has 0 aliphatic heterocycles. The molecule has 3 nitrogen and oxygen atoms in total. The molecule has 2 aromatic carbocycles. The molecule has 0 fully saturated rings. The highest BCUT2D eigenvalue weighted by Crippen LogP contribution is 2.19. The summed E-state index contributed by atoms with van der Waals surface area (Å²) < 4.78 is 6.38. The fourth-order valence-corrected chi connectivity index (χ4v) is 1.97. The number of ether oxygens (including phenoxy) is 1. The first kappa shape index (κ1) is 13.6. The van der Waals surface area contributed by atoms with Crippen molar-refractivity contribution in [3.63, 3.8) is 0 Å². The Morgan fingerprint density at radius 2 is 1.89 bits per heavy atom. The number of benzene rings is 2. The lowest BCUT2D eigenvalue weighted by Gasteiger charge is -2.17. The van der Waals surface area contributed by atoms with Crippen molar-refractivity contribution in [2.75, 3.05) is 18.6 Å². The Labute approximate surface area is 120 Å². The molecule has 4 heteroatoms. The summed E-state index contributed by atoms with van der Waals surface area (Å²) in [4.78, 5) is 13.6. The standard InChI is InChI=1S/C15H14BrNO2/c1-17(13-7-5-6-12(16)10-13)15(18)11-19-14-8-3-2-4-9-14/h2-10H,11H2,1H3. The molecule has 0 saturated heterocycles. The zero-order valence-corrected chi connectivity index (χ0v) is 12.1. The number of hydrogen-bond donors (Lipinski definition) is 0. The van der Waals surface area contributed by atoms with Crippen LogP contribution in [0.25, 0.3) is 0 Å². The molecule has 2 aromatic rings. The van der Waals surface area contributed by atoms with Crippen LogP contribution in [0.3, 0.4) is 0 Å². The van der Waals surface area contributed by atoms with Gasteiger partial charge in [-0.25, -0.2) is 0 Å². The maximum absolute atomic E-state index is 12.0. The Bertz CT molecular complexity index is 557. The second-order valence-electron chi connectivity index (χ2n) is 4.03. The van der Waals surface area contributed by atoms with Gasteiger partial charge in [-0.1, -0.05) is 40.2 Å². The number of halogens is 1. The molecule has 1 amide bonds. The van der Waals surface area contributed by atoms with Gasteiger partial charge < -0.3 is 9.64 Å². The van der Waals surface area contributed by atoms with Gasteiger partial charge in [0, 0.05) is 17.2 Å². The van der Waals surface area contributed by atoms with Crippen molar-refractivity contribution < 1.29 is 9.53 Å². The third-order valence-electron chi connectivity index (χ3n) is 2.68. The third kappa shape index (κ3) is 3.83. The molecule has 0 atom stereocenters. The molecule has 0 aromatic heterocycles. The number of amides is 1. The highest BCUT2D eigenvalue weighted by Gasteiger charge is 2.11. The second-order valence-corrected chi connectivity index (χ2v) is 4.95. The van der Waals surface area contributed by atoms with E-state index in [1.54, 1.807) is 11.9 Å². The van der Waals surface area contributed by atoms with E-state index in [4.69, 9.17) is 4.74 Å². The van der Waals surface area contributed by atoms with Gasteiger partial charge in [-0.05, 0) is 30.3 Å². The summed E-state index contributed by atoms with van der Waals surface area (Å²) in [6.07, 6.45) is 0. The molecule has 0 aliphatic carbocycles. The van der Waals surface area contributed by atoms with E-state index in [2.05, 4.69) is 15.9 Å². The normalized spacial score (nSPS) is 10.0. The first-order valence-corrected chi connectivity index (χ1v) is 6.66. The van der Waals surface area contributed by atoms with Gasteiger partial charge in [0.2, 0.25) is 0 Å². The largest absolute Gasteiger partial charge is 0.484 e. The van der Waals surface area contributed by atoms with Gasteiger partial charge in [-0.3, -0.25) is 4.79 Å². The summed E-state index contributed by atoms with van der Waals surface area (Å²) in [6, 6.07) is 16.9. The number of para-hydroxylation sites is 1. The average molecular weight is 320 g/mol. The maximum atomic E-state index is 12.0. The van der Waals surface area contributed by atoms with Crippen molar-refractivity contribution >= 4 is 27.5 Å². The predicted octanol–water partition coefficient (Wildman–Crippen LogP) is 3.49. The third-order valence-corrected chi connectivity index (χ3v) is 3.17. The average Bonchev–Trinajstić information content (AvgIpc) is 2.45. The summed E-state index contributed by atoms with van der Waals surface area (Å²) in [7, 11) is 1.73. The van der Waals surface area contributed by atoms with E-state index < -0.39 is 0 Å². The Morgan fingerprint density at radius 1 is 1.16 bits per heavy atom. The van der Waals surface area contributed by atoms with Gasteiger partial charge in [0.15, 0.2) is 6.61 Å². The summed E-state index contributed by atoms with van der Waals surface area (Å²) in [5.74, 6) is 0.598. The van der Waals surface area contributed by atoms with Crippen LogP contribution in [-0.2, 0) is 4.79 Å². The molecule has 0 saturated carbocycles. The van der Waals surface area contributed by atoms with E-state index in [0.29, 0.717) is 5.75 Å². The molecule has 0 aliphatic rings. The van der Waals surface area contributed by atoms with E-state index in [0.717, 1.165) is 10.2 Å². The van der Waals surface area contributed by atoms with Gasteiger partial charge >= 0.3 is 0 Å². The quantitative estimate of drug-likeness (QED) is 0.863. The van der Waals surface area contributed by atoms with Crippen LogP contribution in [0, 0.1) is 0 Å². The fourth-order valence-electron chi connectivity index (χ4n) is 1.59. The van der Waals surface area contributed by atoms with Crippen molar-refractivity contribution in [3.8, 4) is 5.75 Å². The SMILES string of the molecule is CN(C(=O)COc1ccccc1)c1cccc(Br)c1. The molecule has 0 radical (unpaired) electrons. The number of nitrogens with zero attached hydrogens (tertiary/aromatic N) is 1. The monoisotopic (exact) mass is 319 g/mol.